The first-order valence-corrected chi connectivity index (χ1v) is 5.28. The monoisotopic (exact) mass is 213 g/mol. The Labute approximate surface area is 90.7 Å². The summed E-state index contributed by atoms with van der Waals surface area (Å²) in [6, 6.07) is 0. The minimum absolute atomic E-state index is 0.282. The molecular weight excluding hydrogens is 194 g/mol. The molecule has 0 radical (unpaired) electrons. The van der Waals surface area contributed by atoms with Crippen LogP contribution in [-0.4, -0.2) is 25.0 Å². The van der Waals surface area contributed by atoms with Crippen LogP contribution in [0.5, 0.6) is 0 Å². The predicted molar refractivity (Wildman–Crippen MR) is 58.3 cm³/mol. The van der Waals surface area contributed by atoms with Gasteiger partial charge in [0.1, 0.15) is 0 Å². The van der Waals surface area contributed by atoms with E-state index in [0.29, 0.717) is 6.61 Å². The van der Waals surface area contributed by atoms with Gasteiger partial charge < -0.3 is 10.1 Å². The molecule has 0 aromatic rings. The van der Waals surface area contributed by atoms with Gasteiger partial charge in [0.2, 0.25) is 0 Å². The number of amides is 1. The molecule has 0 spiro atoms. The standard InChI is InChI=1S/C11H19NO3/c1-3-5-6-7-9-15-11(14)10(13)12-8-4-2/h4H,2-3,5-9H2,1H3,(H,12,13). The van der Waals surface area contributed by atoms with E-state index in [1.54, 1.807) is 0 Å². The molecule has 0 bridgehead atoms. The van der Waals surface area contributed by atoms with Crippen molar-refractivity contribution in [3.8, 4) is 0 Å². The Morgan fingerprint density at radius 3 is 2.67 bits per heavy atom. The van der Waals surface area contributed by atoms with Crippen LogP contribution in [-0.2, 0) is 14.3 Å². The van der Waals surface area contributed by atoms with Crippen LogP contribution in [0.15, 0.2) is 12.7 Å². The molecule has 0 atom stereocenters. The van der Waals surface area contributed by atoms with Gasteiger partial charge in [-0.1, -0.05) is 32.3 Å². The van der Waals surface area contributed by atoms with Crippen molar-refractivity contribution < 1.29 is 14.3 Å². The van der Waals surface area contributed by atoms with Gasteiger partial charge in [-0.3, -0.25) is 4.79 Å². The Morgan fingerprint density at radius 1 is 1.33 bits per heavy atom. The zero-order chi connectivity index (χ0) is 11.5. The van der Waals surface area contributed by atoms with Gasteiger partial charge in [-0.2, -0.15) is 0 Å². The molecule has 0 aliphatic rings. The molecule has 1 amide bonds. The number of unbranched alkanes of at least 4 members (excludes halogenated alkanes) is 3. The van der Waals surface area contributed by atoms with E-state index in [2.05, 4.69) is 18.8 Å². The molecule has 4 nitrogen and oxygen atoms in total. The third kappa shape index (κ3) is 7.73. The highest BCUT2D eigenvalue weighted by Gasteiger charge is 2.13. The summed E-state index contributed by atoms with van der Waals surface area (Å²) in [5.41, 5.74) is 0. The molecular formula is C11H19NO3. The van der Waals surface area contributed by atoms with Crippen LogP contribution >= 0.6 is 0 Å². The van der Waals surface area contributed by atoms with Crippen molar-refractivity contribution >= 4 is 11.9 Å². The lowest BCUT2D eigenvalue weighted by atomic mass is 10.2. The number of hydrogen-bond acceptors (Lipinski definition) is 3. The fourth-order valence-corrected chi connectivity index (χ4v) is 0.996. The summed E-state index contributed by atoms with van der Waals surface area (Å²) in [6.45, 7) is 6.13. The van der Waals surface area contributed by atoms with Gasteiger partial charge in [-0.15, -0.1) is 6.58 Å². The molecule has 0 aliphatic carbocycles. The Bertz CT molecular complexity index is 214. The largest absolute Gasteiger partial charge is 0.459 e. The second-order valence-corrected chi connectivity index (χ2v) is 3.20. The summed E-state index contributed by atoms with van der Waals surface area (Å²) < 4.78 is 4.76. The quantitative estimate of drug-likeness (QED) is 0.301. The van der Waals surface area contributed by atoms with Crippen LogP contribution in [0.3, 0.4) is 0 Å². The molecule has 1 N–H and O–H groups in total. The van der Waals surface area contributed by atoms with Gasteiger partial charge >= 0.3 is 11.9 Å². The van der Waals surface area contributed by atoms with Crippen LogP contribution in [0.25, 0.3) is 0 Å². The molecule has 0 fully saturated rings. The van der Waals surface area contributed by atoms with Crippen molar-refractivity contribution in [3.05, 3.63) is 12.7 Å². The summed E-state index contributed by atoms with van der Waals surface area (Å²) in [4.78, 5) is 22.0. The smallest absolute Gasteiger partial charge is 0.396 e. The summed E-state index contributed by atoms with van der Waals surface area (Å²) in [5, 5.41) is 2.35. The van der Waals surface area contributed by atoms with Crippen molar-refractivity contribution in [2.75, 3.05) is 13.2 Å². The summed E-state index contributed by atoms with van der Waals surface area (Å²) in [5.74, 6) is -1.52. The van der Waals surface area contributed by atoms with Gasteiger partial charge in [-0.25, -0.2) is 4.79 Å². The van der Waals surface area contributed by atoms with E-state index in [9.17, 15) is 9.59 Å². The summed E-state index contributed by atoms with van der Waals surface area (Å²) in [7, 11) is 0. The second kappa shape index (κ2) is 9.24. The highest BCUT2D eigenvalue weighted by molar-refractivity contribution is 6.32. The van der Waals surface area contributed by atoms with Crippen molar-refractivity contribution in [2.45, 2.75) is 32.6 Å². The Hall–Kier alpha value is -1.32. The third-order valence-electron chi connectivity index (χ3n) is 1.82. The topological polar surface area (TPSA) is 55.4 Å². The van der Waals surface area contributed by atoms with Crippen molar-refractivity contribution in [1.82, 2.24) is 5.32 Å². The average molecular weight is 213 g/mol. The lowest BCUT2D eigenvalue weighted by Crippen LogP contribution is -2.32. The van der Waals surface area contributed by atoms with E-state index < -0.39 is 11.9 Å². The first kappa shape index (κ1) is 13.7. The van der Waals surface area contributed by atoms with Crippen molar-refractivity contribution in [2.24, 2.45) is 0 Å². The van der Waals surface area contributed by atoms with Crippen LogP contribution < -0.4 is 5.32 Å². The predicted octanol–water partition coefficient (Wildman–Crippen LogP) is 1.41. The maximum absolute atomic E-state index is 11.0. The van der Waals surface area contributed by atoms with Crippen LogP contribution in [0.2, 0.25) is 0 Å². The number of carbonyl (C=O) groups excluding carboxylic acids is 2. The molecule has 0 aromatic carbocycles. The maximum atomic E-state index is 11.0. The first-order chi connectivity index (χ1) is 7.22. The molecule has 4 heteroatoms. The van der Waals surface area contributed by atoms with Crippen LogP contribution in [0.4, 0.5) is 0 Å². The highest BCUT2D eigenvalue weighted by Crippen LogP contribution is 1.98. The molecule has 0 saturated heterocycles. The lowest BCUT2D eigenvalue weighted by Gasteiger charge is -2.03. The van der Waals surface area contributed by atoms with Crippen LogP contribution in [0.1, 0.15) is 32.6 Å². The fraction of sp³-hybridized carbons (Fsp3) is 0.636. The molecule has 0 aliphatic heterocycles. The van der Waals surface area contributed by atoms with Crippen LogP contribution in [0, 0.1) is 0 Å². The SMILES string of the molecule is C=CCNC(=O)C(=O)OCCCCCC. The van der Waals surface area contributed by atoms with Gasteiger partial charge in [0.05, 0.1) is 6.61 Å². The second-order valence-electron chi connectivity index (χ2n) is 3.20. The molecule has 0 aromatic heterocycles. The summed E-state index contributed by atoms with van der Waals surface area (Å²) >= 11 is 0. The number of esters is 1. The Morgan fingerprint density at radius 2 is 2.07 bits per heavy atom. The fourth-order valence-electron chi connectivity index (χ4n) is 0.996. The maximum Gasteiger partial charge on any atom is 0.396 e. The molecule has 86 valence electrons. The zero-order valence-corrected chi connectivity index (χ0v) is 9.25. The Kier molecular flexibility index (Phi) is 8.43. The number of ether oxygens (including phenoxy) is 1. The first-order valence-electron chi connectivity index (χ1n) is 5.28. The highest BCUT2D eigenvalue weighted by atomic mass is 16.5. The van der Waals surface area contributed by atoms with E-state index in [0.717, 1.165) is 25.7 Å². The third-order valence-corrected chi connectivity index (χ3v) is 1.82. The van der Waals surface area contributed by atoms with E-state index in [1.807, 2.05) is 0 Å². The number of rotatable bonds is 7. The molecule has 15 heavy (non-hydrogen) atoms. The van der Waals surface area contributed by atoms with Crippen molar-refractivity contribution in [3.63, 3.8) is 0 Å². The normalized spacial score (nSPS) is 9.40. The number of nitrogens with one attached hydrogen (secondary N) is 1. The molecule has 0 rings (SSSR count). The van der Waals surface area contributed by atoms with E-state index in [4.69, 9.17) is 4.74 Å². The molecule has 0 unspecified atom stereocenters. The molecule has 0 saturated carbocycles. The lowest BCUT2D eigenvalue weighted by molar-refractivity contribution is -0.154. The minimum atomic E-state index is -0.812. The number of hydrogen-bond donors (Lipinski definition) is 1. The van der Waals surface area contributed by atoms with E-state index in [-0.39, 0.29) is 6.54 Å². The van der Waals surface area contributed by atoms with Gasteiger partial charge in [-0.05, 0) is 6.42 Å². The summed E-state index contributed by atoms with van der Waals surface area (Å²) in [6.07, 6.45) is 5.60. The number of carbonyl (C=O) groups is 2. The van der Waals surface area contributed by atoms with E-state index >= 15 is 0 Å². The van der Waals surface area contributed by atoms with Gasteiger partial charge in [0, 0.05) is 6.54 Å². The Balaban J connectivity index is 3.47. The average Bonchev–Trinajstić information content (AvgIpc) is 2.25. The minimum Gasteiger partial charge on any atom is -0.459 e. The van der Waals surface area contributed by atoms with Gasteiger partial charge in [0.25, 0.3) is 0 Å². The van der Waals surface area contributed by atoms with Crippen molar-refractivity contribution in [1.29, 1.82) is 0 Å². The zero-order valence-electron chi connectivity index (χ0n) is 9.25. The van der Waals surface area contributed by atoms with E-state index in [1.165, 1.54) is 6.08 Å². The molecule has 0 heterocycles. The van der Waals surface area contributed by atoms with Gasteiger partial charge in [0.15, 0.2) is 0 Å².